The maximum absolute atomic E-state index is 12.6. The van der Waals surface area contributed by atoms with E-state index in [0.717, 1.165) is 0 Å². The average Bonchev–Trinajstić information content (AvgIpc) is 2.58. The van der Waals surface area contributed by atoms with Gasteiger partial charge in [0, 0.05) is 44.9 Å². The van der Waals surface area contributed by atoms with Crippen LogP contribution in [0, 0.1) is 6.92 Å². The second kappa shape index (κ2) is 7.35. The van der Waals surface area contributed by atoms with Gasteiger partial charge in [0.1, 0.15) is 17.1 Å². The first-order valence-corrected chi connectivity index (χ1v) is 8.50. The van der Waals surface area contributed by atoms with E-state index in [-0.39, 0.29) is 41.6 Å². The molecular formula is C18H22N2O6. The van der Waals surface area contributed by atoms with Crippen molar-refractivity contribution in [1.82, 2.24) is 9.80 Å². The molecule has 2 heterocycles. The van der Waals surface area contributed by atoms with Gasteiger partial charge in [0.2, 0.25) is 5.91 Å². The van der Waals surface area contributed by atoms with Crippen LogP contribution in [0.4, 0.5) is 0 Å². The number of aromatic hydroxyl groups is 2. The van der Waals surface area contributed by atoms with E-state index >= 15 is 0 Å². The molecule has 1 aliphatic heterocycles. The fraction of sp³-hybridized carbons (Fsp3) is 0.444. The number of hydrogen-bond acceptors (Lipinski definition) is 7. The number of carbonyl (C=O) groups excluding carboxylic acids is 1. The number of rotatable bonds is 4. The van der Waals surface area contributed by atoms with E-state index in [1.54, 1.807) is 11.8 Å². The fourth-order valence-electron chi connectivity index (χ4n) is 3.34. The fourth-order valence-corrected chi connectivity index (χ4v) is 3.34. The third-order valence-electron chi connectivity index (χ3n) is 4.81. The Morgan fingerprint density at radius 3 is 2.54 bits per heavy atom. The highest BCUT2D eigenvalue weighted by Crippen LogP contribution is 2.32. The number of benzene rings is 1. The average molecular weight is 362 g/mol. The van der Waals surface area contributed by atoms with E-state index in [1.165, 1.54) is 12.1 Å². The highest BCUT2D eigenvalue weighted by molar-refractivity contribution is 5.90. The van der Waals surface area contributed by atoms with Gasteiger partial charge in [-0.1, -0.05) is 0 Å². The molecule has 0 aliphatic carbocycles. The molecule has 0 atom stereocenters. The third kappa shape index (κ3) is 3.51. The zero-order chi connectivity index (χ0) is 18.8. The summed E-state index contributed by atoms with van der Waals surface area (Å²) in [5.74, 6) is -0.587. The monoisotopic (exact) mass is 362 g/mol. The number of fused-ring (bicyclic) bond motifs is 1. The van der Waals surface area contributed by atoms with Crippen LogP contribution < -0.4 is 5.63 Å². The molecule has 3 N–H and O–H groups in total. The van der Waals surface area contributed by atoms with Gasteiger partial charge in [-0.05, 0) is 12.5 Å². The molecule has 1 fully saturated rings. The molecular weight excluding hydrogens is 340 g/mol. The van der Waals surface area contributed by atoms with E-state index in [2.05, 4.69) is 4.90 Å². The van der Waals surface area contributed by atoms with Crippen molar-refractivity contribution in [1.29, 1.82) is 0 Å². The van der Waals surface area contributed by atoms with Crippen molar-refractivity contribution < 1.29 is 24.5 Å². The van der Waals surface area contributed by atoms with Crippen molar-refractivity contribution in [2.75, 3.05) is 39.3 Å². The summed E-state index contributed by atoms with van der Waals surface area (Å²) < 4.78 is 5.19. The van der Waals surface area contributed by atoms with Gasteiger partial charge in [0.05, 0.1) is 24.0 Å². The number of phenolic OH excluding ortho intramolecular Hbond substituents is 2. The normalized spacial score (nSPS) is 15.5. The molecule has 8 heteroatoms. The predicted octanol–water partition coefficient (Wildman–Crippen LogP) is 0.192. The highest BCUT2D eigenvalue weighted by atomic mass is 16.4. The first-order valence-electron chi connectivity index (χ1n) is 8.50. The second-order valence-electron chi connectivity index (χ2n) is 6.45. The molecule has 1 aromatic heterocycles. The van der Waals surface area contributed by atoms with Crippen LogP contribution in [-0.2, 0) is 11.2 Å². The van der Waals surface area contributed by atoms with Gasteiger partial charge in [0.25, 0.3) is 0 Å². The van der Waals surface area contributed by atoms with Gasteiger partial charge < -0.3 is 24.6 Å². The number of piperazine rings is 1. The number of hydrogen-bond donors (Lipinski definition) is 3. The van der Waals surface area contributed by atoms with Crippen LogP contribution in [0.25, 0.3) is 11.0 Å². The minimum atomic E-state index is -0.646. The topological polar surface area (TPSA) is 114 Å². The lowest BCUT2D eigenvalue weighted by molar-refractivity contribution is -0.132. The van der Waals surface area contributed by atoms with Crippen molar-refractivity contribution in [2.24, 2.45) is 0 Å². The van der Waals surface area contributed by atoms with Crippen molar-refractivity contribution in [3.63, 3.8) is 0 Å². The lowest BCUT2D eigenvalue weighted by Gasteiger charge is -2.34. The molecule has 0 saturated carbocycles. The highest BCUT2D eigenvalue weighted by Gasteiger charge is 2.24. The summed E-state index contributed by atoms with van der Waals surface area (Å²) in [6.45, 7) is 4.75. The summed E-state index contributed by atoms with van der Waals surface area (Å²) in [7, 11) is 0. The summed E-state index contributed by atoms with van der Waals surface area (Å²) in [5.41, 5.74) is 0.119. The van der Waals surface area contributed by atoms with Crippen molar-refractivity contribution in [3.05, 3.63) is 33.7 Å². The van der Waals surface area contributed by atoms with E-state index in [0.29, 0.717) is 43.7 Å². The van der Waals surface area contributed by atoms with E-state index in [9.17, 15) is 19.8 Å². The van der Waals surface area contributed by atoms with Crippen LogP contribution in [0.1, 0.15) is 11.1 Å². The van der Waals surface area contributed by atoms with Crippen LogP contribution in [-0.4, -0.2) is 70.4 Å². The Morgan fingerprint density at radius 1 is 1.19 bits per heavy atom. The summed E-state index contributed by atoms with van der Waals surface area (Å²) >= 11 is 0. The van der Waals surface area contributed by atoms with Gasteiger partial charge in [-0.15, -0.1) is 0 Å². The SMILES string of the molecule is Cc1c(CC(=O)N2CCN(CCO)CC2)c(=O)oc2cc(O)cc(O)c12. The summed E-state index contributed by atoms with van der Waals surface area (Å²) in [6.07, 6.45) is -0.107. The first kappa shape index (κ1) is 18.2. The first-order chi connectivity index (χ1) is 12.4. The molecule has 1 amide bonds. The number of phenols is 2. The van der Waals surface area contributed by atoms with Crippen molar-refractivity contribution in [2.45, 2.75) is 13.3 Å². The number of amides is 1. The Labute approximate surface area is 149 Å². The second-order valence-corrected chi connectivity index (χ2v) is 6.45. The van der Waals surface area contributed by atoms with Crippen molar-refractivity contribution in [3.8, 4) is 11.5 Å². The predicted molar refractivity (Wildman–Crippen MR) is 94.4 cm³/mol. The van der Waals surface area contributed by atoms with Crippen molar-refractivity contribution >= 4 is 16.9 Å². The molecule has 3 rings (SSSR count). The van der Waals surface area contributed by atoms with Gasteiger partial charge in [-0.2, -0.15) is 0 Å². The largest absolute Gasteiger partial charge is 0.508 e. The van der Waals surface area contributed by atoms with Crippen LogP contribution in [0.5, 0.6) is 11.5 Å². The number of nitrogens with zero attached hydrogens (tertiary/aromatic N) is 2. The number of aliphatic hydroxyl groups excluding tert-OH is 1. The smallest absolute Gasteiger partial charge is 0.340 e. The molecule has 0 spiro atoms. The molecule has 0 radical (unpaired) electrons. The zero-order valence-corrected chi connectivity index (χ0v) is 14.6. The van der Waals surface area contributed by atoms with Crippen LogP contribution in [0.15, 0.2) is 21.3 Å². The summed E-state index contributed by atoms with van der Waals surface area (Å²) in [4.78, 5) is 28.6. The molecule has 1 aromatic carbocycles. The quantitative estimate of drug-likeness (QED) is 0.665. The van der Waals surface area contributed by atoms with Crippen LogP contribution in [0.2, 0.25) is 0 Å². The number of aryl methyl sites for hydroxylation is 1. The molecule has 8 nitrogen and oxygen atoms in total. The lowest BCUT2D eigenvalue weighted by atomic mass is 10.0. The Balaban J connectivity index is 1.83. The van der Waals surface area contributed by atoms with Gasteiger partial charge >= 0.3 is 5.63 Å². The van der Waals surface area contributed by atoms with Gasteiger partial charge in [0.15, 0.2) is 0 Å². The minimum absolute atomic E-state index is 0.0822. The van der Waals surface area contributed by atoms with E-state index < -0.39 is 5.63 Å². The Kier molecular flexibility index (Phi) is 5.15. The molecule has 0 bridgehead atoms. The molecule has 1 aliphatic rings. The summed E-state index contributed by atoms with van der Waals surface area (Å²) in [5, 5.41) is 28.9. The van der Waals surface area contributed by atoms with Gasteiger partial charge in [-0.25, -0.2) is 4.79 Å². The molecule has 0 unspecified atom stereocenters. The lowest BCUT2D eigenvalue weighted by Crippen LogP contribution is -2.49. The Morgan fingerprint density at radius 2 is 1.88 bits per heavy atom. The van der Waals surface area contributed by atoms with E-state index in [1.807, 2.05) is 0 Å². The number of β-amino-alcohol motifs (C(OH)–C–C–N with tert-alkyl or cyclic N) is 1. The molecule has 140 valence electrons. The zero-order valence-electron chi connectivity index (χ0n) is 14.6. The standard InChI is InChI=1S/C18H22N2O6/c1-11-13(10-16(24)20-4-2-19(3-5-20)6-7-21)18(25)26-15-9-12(22)8-14(23)17(11)15/h8-9,21-23H,2-7,10H2,1H3. The minimum Gasteiger partial charge on any atom is -0.508 e. The Hall–Kier alpha value is -2.58. The van der Waals surface area contributed by atoms with Gasteiger partial charge in [-0.3, -0.25) is 9.69 Å². The third-order valence-corrected chi connectivity index (χ3v) is 4.81. The van der Waals surface area contributed by atoms with Crippen LogP contribution >= 0.6 is 0 Å². The summed E-state index contributed by atoms with van der Waals surface area (Å²) in [6, 6.07) is 2.43. The maximum Gasteiger partial charge on any atom is 0.340 e. The Bertz CT molecular complexity index is 883. The number of carbonyl (C=O) groups is 1. The van der Waals surface area contributed by atoms with Crippen LogP contribution in [0.3, 0.4) is 0 Å². The molecule has 2 aromatic rings. The molecule has 26 heavy (non-hydrogen) atoms. The maximum atomic E-state index is 12.6. The molecule has 1 saturated heterocycles. The van der Waals surface area contributed by atoms with E-state index in [4.69, 9.17) is 9.52 Å². The number of aliphatic hydroxyl groups is 1.